The molecule has 7 nitrogen and oxygen atoms in total. The van der Waals surface area contributed by atoms with Gasteiger partial charge >= 0.3 is 17.3 Å². The zero-order chi connectivity index (χ0) is 13.1. The van der Waals surface area contributed by atoms with E-state index in [9.17, 15) is 14.4 Å². The first-order chi connectivity index (χ1) is 8.58. The summed E-state index contributed by atoms with van der Waals surface area (Å²) in [6.07, 6.45) is 0.405. The molecular weight excluding hydrogens is 238 g/mol. The number of aryl methyl sites for hydroxylation is 1. The predicted molar refractivity (Wildman–Crippen MR) is 62.8 cm³/mol. The normalized spacial score (nSPS) is 10.4. The third-order valence-corrected chi connectivity index (χ3v) is 2.56. The lowest BCUT2D eigenvalue weighted by molar-refractivity contribution is 0.0696. The first-order valence-corrected chi connectivity index (χ1v) is 5.27. The minimum Gasteiger partial charge on any atom is -0.478 e. The molecule has 0 aliphatic carbocycles. The van der Waals surface area contributed by atoms with Crippen molar-refractivity contribution in [3.63, 3.8) is 0 Å². The van der Waals surface area contributed by atoms with E-state index in [1.54, 1.807) is 12.1 Å². The Kier molecular flexibility index (Phi) is 3.13. The van der Waals surface area contributed by atoms with Crippen molar-refractivity contribution in [1.82, 2.24) is 14.8 Å². The van der Waals surface area contributed by atoms with Crippen LogP contribution in [-0.2, 0) is 13.0 Å². The fraction of sp³-hybridized carbons (Fsp3) is 0.182. The van der Waals surface area contributed by atoms with Crippen molar-refractivity contribution in [3.05, 3.63) is 56.4 Å². The number of H-pyrrole nitrogens is 2. The Labute approximate surface area is 101 Å². The van der Waals surface area contributed by atoms with Gasteiger partial charge in [-0.15, -0.1) is 0 Å². The zero-order valence-electron chi connectivity index (χ0n) is 9.34. The summed E-state index contributed by atoms with van der Waals surface area (Å²) in [5.74, 6) is -1.01. The SMILES string of the molecule is O=C(O)c1cccc(CCn2c(=O)[nH][nH]c2=O)c1. The number of hydrogen-bond donors (Lipinski definition) is 3. The second kappa shape index (κ2) is 4.74. The van der Waals surface area contributed by atoms with Crippen LogP contribution < -0.4 is 11.4 Å². The zero-order valence-corrected chi connectivity index (χ0v) is 9.34. The number of carbonyl (C=O) groups is 1. The van der Waals surface area contributed by atoms with Crippen LogP contribution in [0, 0.1) is 0 Å². The summed E-state index contributed by atoms with van der Waals surface area (Å²) < 4.78 is 1.02. The molecule has 2 rings (SSSR count). The first-order valence-electron chi connectivity index (χ1n) is 5.27. The van der Waals surface area contributed by atoms with Gasteiger partial charge in [0.05, 0.1) is 5.56 Å². The van der Waals surface area contributed by atoms with E-state index < -0.39 is 17.3 Å². The van der Waals surface area contributed by atoms with E-state index in [1.165, 1.54) is 12.1 Å². The van der Waals surface area contributed by atoms with Crippen molar-refractivity contribution in [3.8, 4) is 0 Å². The maximum atomic E-state index is 11.2. The Morgan fingerprint density at radius 1 is 1.22 bits per heavy atom. The molecule has 0 saturated carbocycles. The predicted octanol–water partition coefficient (Wildman–Crippen LogP) is -0.194. The minimum atomic E-state index is -1.01. The molecule has 0 radical (unpaired) electrons. The Morgan fingerprint density at radius 3 is 2.50 bits per heavy atom. The van der Waals surface area contributed by atoms with E-state index in [1.807, 2.05) is 0 Å². The van der Waals surface area contributed by atoms with Gasteiger partial charge in [0, 0.05) is 6.54 Å². The average molecular weight is 249 g/mol. The monoisotopic (exact) mass is 249 g/mol. The lowest BCUT2D eigenvalue weighted by Gasteiger charge is -2.02. The van der Waals surface area contributed by atoms with E-state index in [-0.39, 0.29) is 12.1 Å². The number of nitrogens with zero attached hydrogens (tertiary/aromatic N) is 1. The number of aromatic amines is 2. The van der Waals surface area contributed by atoms with Gasteiger partial charge in [0.2, 0.25) is 0 Å². The van der Waals surface area contributed by atoms with Gasteiger partial charge in [-0.3, -0.25) is 0 Å². The number of rotatable bonds is 4. The van der Waals surface area contributed by atoms with Gasteiger partial charge in [-0.25, -0.2) is 29.1 Å². The number of carboxylic acid groups (broad SMARTS) is 1. The van der Waals surface area contributed by atoms with Crippen LogP contribution in [0.15, 0.2) is 33.9 Å². The molecule has 0 aliphatic rings. The van der Waals surface area contributed by atoms with Gasteiger partial charge in [-0.1, -0.05) is 12.1 Å². The highest BCUT2D eigenvalue weighted by Crippen LogP contribution is 2.06. The van der Waals surface area contributed by atoms with Crippen LogP contribution in [0.1, 0.15) is 15.9 Å². The number of hydrogen-bond acceptors (Lipinski definition) is 3. The molecule has 0 saturated heterocycles. The average Bonchev–Trinajstić information content (AvgIpc) is 2.67. The number of aromatic nitrogens is 3. The molecule has 0 bridgehead atoms. The highest BCUT2D eigenvalue weighted by Gasteiger charge is 2.05. The Morgan fingerprint density at radius 2 is 1.89 bits per heavy atom. The Bertz CT molecular complexity index is 652. The molecule has 0 spiro atoms. The lowest BCUT2D eigenvalue weighted by Crippen LogP contribution is -2.27. The lowest BCUT2D eigenvalue weighted by atomic mass is 10.1. The third-order valence-electron chi connectivity index (χ3n) is 2.56. The van der Waals surface area contributed by atoms with Crippen molar-refractivity contribution in [2.24, 2.45) is 0 Å². The standard InChI is InChI=1S/C11H11N3O4/c15-9(16)8-3-1-2-7(6-8)4-5-14-10(17)12-13-11(14)18/h1-3,6H,4-5H2,(H,12,17)(H,13,18)(H,15,16). The van der Waals surface area contributed by atoms with E-state index in [4.69, 9.17) is 5.11 Å². The molecule has 0 atom stereocenters. The number of nitrogens with one attached hydrogen (secondary N) is 2. The van der Waals surface area contributed by atoms with E-state index >= 15 is 0 Å². The summed E-state index contributed by atoms with van der Waals surface area (Å²) in [7, 11) is 0. The van der Waals surface area contributed by atoms with Gasteiger partial charge in [-0.2, -0.15) is 0 Å². The van der Waals surface area contributed by atoms with Crippen molar-refractivity contribution < 1.29 is 9.90 Å². The van der Waals surface area contributed by atoms with Crippen LogP contribution in [0.25, 0.3) is 0 Å². The summed E-state index contributed by atoms with van der Waals surface area (Å²) in [4.78, 5) is 33.2. The van der Waals surface area contributed by atoms with Crippen molar-refractivity contribution in [2.45, 2.75) is 13.0 Å². The molecule has 0 amide bonds. The summed E-state index contributed by atoms with van der Waals surface area (Å²) in [6.45, 7) is 0.195. The summed E-state index contributed by atoms with van der Waals surface area (Å²) in [5.41, 5.74) is -0.0750. The number of carboxylic acids is 1. The number of benzene rings is 1. The summed E-state index contributed by atoms with van der Waals surface area (Å²) >= 11 is 0. The summed E-state index contributed by atoms with van der Waals surface area (Å²) in [5, 5.41) is 13.2. The molecule has 1 heterocycles. The molecule has 1 aromatic carbocycles. The quantitative estimate of drug-likeness (QED) is 0.697. The van der Waals surface area contributed by atoms with Crippen LogP contribution >= 0.6 is 0 Å². The molecule has 2 aromatic rings. The smallest absolute Gasteiger partial charge is 0.344 e. The minimum absolute atomic E-state index is 0.183. The molecule has 0 unspecified atom stereocenters. The highest BCUT2D eigenvalue weighted by molar-refractivity contribution is 5.87. The van der Waals surface area contributed by atoms with Gasteiger partial charge in [0.1, 0.15) is 0 Å². The van der Waals surface area contributed by atoms with Crippen LogP contribution in [0.4, 0.5) is 0 Å². The van der Waals surface area contributed by atoms with Crippen LogP contribution in [0.3, 0.4) is 0 Å². The highest BCUT2D eigenvalue weighted by atomic mass is 16.4. The van der Waals surface area contributed by atoms with Crippen molar-refractivity contribution >= 4 is 5.97 Å². The molecule has 1 aromatic heterocycles. The van der Waals surface area contributed by atoms with Gasteiger partial charge in [0.25, 0.3) is 0 Å². The van der Waals surface area contributed by atoms with Crippen LogP contribution in [0.5, 0.6) is 0 Å². The third kappa shape index (κ3) is 2.40. The molecule has 0 aliphatic heterocycles. The fourth-order valence-electron chi connectivity index (χ4n) is 1.64. The summed E-state index contributed by atoms with van der Waals surface area (Å²) in [6, 6.07) is 6.39. The molecule has 7 heteroatoms. The molecule has 18 heavy (non-hydrogen) atoms. The van der Waals surface area contributed by atoms with E-state index in [0.717, 1.165) is 10.1 Å². The largest absolute Gasteiger partial charge is 0.478 e. The Hall–Kier alpha value is -2.57. The topological polar surface area (TPSA) is 108 Å². The van der Waals surface area contributed by atoms with Crippen molar-refractivity contribution in [2.75, 3.05) is 0 Å². The first kappa shape index (κ1) is 11.9. The second-order valence-corrected chi connectivity index (χ2v) is 3.77. The maximum absolute atomic E-state index is 11.2. The number of aromatic carboxylic acids is 1. The van der Waals surface area contributed by atoms with Gasteiger partial charge in [-0.05, 0) is 24.1 Å². The van der Waals surface area contributed by atoms with Crippen LogP contribution in [0.2, 0.25) is 0 Å². The molecular formula is C11H11N3O4. The maximum Gasteiger partial charge on any atom is 0.344 e. The molecule has 3 N–H and O–H groups in total. The van der Waals surface area contributed by atoms with Gasteiger partial charge in [0.15, 0.2) is 0 Å². The second-order valence-electron chi connectivity index (χ2n) is 3.77. The van der Waals surface area contributed by atoms with E-state index in [2.05, 4.69) is 10.2 Å². The molecule has 94 valence electrons. The van der Waals surface area contributed by atoms with Crippen LogP contribution in [-0.4, -0.2) is 25.8 Å². The fourth-order valence-corrected chi connectivity index (χ4v) is 1.64. The van der Waals surface area contributed by atoms with E-state index in [0.29, 0.717) is 6.42 Å². The molecule has 0 fully saturated rings. The Balaban J connectivity index is 2.16. The van der Waals surface area contributed by atoms with Gasteiger partial charge < -0.3 is 5.11 Å². The van der Waals surface area contributed by atoms with Crippen molar-refractivity contribution in [1.29, 1.82) is 0 Å².